The normalized spacial score (nSPS) is 20.0. The summed E-state index contributed by atoms with van der Waals surface area (Å²) < 4.78 is 27.7. The molecule has 1 fully saturated rings. The number of anilines is 2. The first kappa shape index (κ1) is 25.0. The number of hydrogen-bond donors (Lipinski definition) is 2. The van der Waals surface area contributed by atoms with Crippen LogP contribution in [0, 0.1) is 15.9 Å². The molecule has 2 aliphatic heterocycles. The van der Waals surface area contributed by atoms with E-state index in [0.29, 0.717) is 29.9 Å². The van der Waals surface area contributed by atoms with E-state index >= 15 is 4.39 Å². The number of rotatable bonds is 8. The predicted octanol–water partition coefficient (Wildman–Crippen LogP) is 3.32. The number of amides is 2. The second-order valence-electron chi connectivity index (χ2n) is 9.47. The third kappa shape index (κ3) is 5.08. The number of halogens is 1. The zero-order chi connectivity index (χ0) is 27.0. The van der Waals surface area contributed by atoms with Crippen LogP contribution in [0.3, 0.4) is 0 Å². The molecule has 2 aliphatic rings. The number of nitrogens with one attached hydrogen (secondary N) is 2. The SMILES string of the molecule is CC(=O)NC[C@H]1CN(c2ccc(-c3ccc(NCC4(C)Cn5cc([N+](=O)[O-])nc5O4)cc3)c(F)c2)C(=O)O1. The van der Waals surface area contributed by atoms with Crippen LogP contribution in [-0.2, 0) is 16.1 Å². The van der Waals surface area contributed by atoms with Crippen LogP contribution >= 0.6 is 0 Å². The van der Waals surface area contributed by atoms with Gasteiger partial charge in [-0.2, -0.15) is 0 Å². The van der Waals surface area contributed by atoms with Crippen LogP contribution in [0.4, 0.5) is 26.4 Å². The van der Waals surface area contributed by atoms with Gasteiger partial charge in [0.05, 0.1) is 31.9 Å². The Kier molecular flexibility index (Phi) is 6.35. The molecular weight excluding hydrogens is 499 g/mol. The summed E-state index contributed by atoms with van der Waals surface area (Å²) in [7, 11) is 0. The first-order chi connectivity index (χ1) is 18.1. The quantitative estimate of drug-likeness (QED) is 0.338. The topological polar surface area (TPSA) is 141 Å². The number of carbonyl (C=O) groups is 2. The van der Waals surface area contributed by atoms with E-state index in [1.165, 1.54) is 24.1 Å². The summed E-state index contributed by atoms with van der Waals surface area (Å²) in [6.07, 6.45) is 0.252. The van der Waals surface area contributed by atoms with Gasteiger partial charge >= 0.3 is 17.9 Å². The largest absolute Gasteiger partial charge is 0.442 e. The lowest BCUT2D eigenvalue weighted by Gasteiger charge is -2.23. The van der Waals surface area contributed by atoms with Gasteiger partial charge in [0, 0.05) is 23.2 Å². The number of ether oxygens (including phenoxy) is 2. The van der Waals surface area contributed by atoms with E-state index in [-0.39, 0.29) is 30.8 Å². The Morgan fingerprint density at radius 2 is 2.05 bits per heavy atom. The maximum Gasteiger partial charge on any atom is 0.415 e. The number of fused-ring (bicyclic) bond motifs is 1. The van der Waals surface area contributed by atoms with Gasteiger partial charge in [0.1, 0.15) is 23.7 Å². The van der Waals surface area contributed by atoms with Crippen molar-refractivity contribution in [3.05, 3.63) is 64.6 Å². The lowest BCUT2D eigenvalue weighted by molar-refractivity contribution is -0.389. The minimum atomic E-state index is -0.643. The van der Waals surface area contributed by atoms with Crippen molar-refractivity contribution in [2.75, 3.05) is 29.9 Å². The van der Waals surface area contributed by atoms with Crippen molar-refractivity contribution in [2.45, 2.75) is 32.1 Å². The van der Waals surface area contributed by atoms with Crippen LogP contribution < -0.4 is 20.3 Å². The molecule has 2 N–H and O–H groups in total. The maximum absolute atomic E-state index is 15.0. The maximum atomic E-state index is 15.0. The summed E-state index contributed by atoms with van der Waals surface area (Å²) in [6.45, 7) is 4.48. The smallest absolute Gasteiger partial charge is 0.415 e. The molecule has 0 radical (unpaired) electrons. The van der Waals surface area contributed by atoms with Crippen LogP contribution in [-0.4, -0.2) is 57.8 Å². The molecule has 1 unspecified atom stereocenters. The first-order valence-electron chi connectivity index (χ1n) is 11.9. The summed E-state index contributed by atoms with van der Waals surface area (Å²) in [5.41, 5.74) is 1.55. The summed E-state index contributed by atoms with van der Waals surface area (Å²) in [6, 6.07) is 11.9. The van der Waals surface area contributed by atoms with Crippen molar-refractivity contribution in [1.29, 1.82) is 0 Å². The second-order valence-corrected chi connectivity index (χ2v) is 9.47. The van der Waals surface area contributed by atoms with Crippen molar-refractivity contribution in [3.8, 4) is 17.1 Å². The van der Waals surface area contributed by atoms with Crippen LogP contribution in [0.2, 0.25) is 0 Å². The molecule has 12 nitrogen and oxygen atoms in total. The number of nitrogens with zero attached hydrogens (tertiary/aromatic N) is 4. The molecule has 0 saturated carbocycles. The lowest BCUT2D eigenvalue weighted by Crippen LogP contribution is -2.39. The number of benzene rings is 2. The number of cyclic esters (lactones) is 1. The average Bonchev–Trinajstić information content (AvgIpc) is 3.53. The standard InChI is InChI=1S/C25H25FN6O6/c1-15(33)27-10-19-11-31(24(34)37-19)18-7-8-20(21(26)9-18)16-3-5-17(6-4-16)28-13-25(2)14-30-12-22(32(35)36)29-23(30)38-25/h3-9,12,19,28H,10-11,13-14H2,1-2H3,(H,27,33)/t19-,25?/m0/s1. The molecule has 198 valence electrons. The monoisotopic (exact) mass is 524 g/mol. The van der Waals surface area contributed by atoms with Crippen molar-refractivity contribution in [2.24, 2.45) is 0 Å². The highest BCUT2D eigenvalue weighted by Crippen LogP contribution is 2.32. The third-order valence-electron chi connectivity index (χ3n) is 6.34. The van der Waals surface area contributed by atoms with Gasteiger partial charge in [-0.05, 0) is 47.7 Å². The Morgan fingerprint density at radius 1 is 1.29 bits per heavy atom. The van der Waals surface area contributed by atoms with E-state index in [4.69, 9.17) is 9.47 Å². The number of imidazole rings is 1. The predicted molar refractivity (Wildman–Crippen MR) is 135 cm³/mol. The van der Waals surface area contributed by atoms with E-state index in [1.54, 1.807) is 28.8 Å². The van der Waals surface area contributed by atoms with Gasteiger partial charge < -0.3 is 30.2 Å². The van der Waals surface area contributed by atoms with Gasteiger partial charge in [0.25, 0.3) is 0 Å². The number of nitro groups is 1. The zero-order valence-electron chi connectivity index (χ0n) is 20.6. The Hall–Kier alpha value is -4.68. The Balaban J connectivity index is 1.20. The molecule has 3 aromatic rings. The number of carbonyl (C=O) groups excluding carboxylic acids is 2. The molecule has 3 heterocycles. The highest BCUT2D eigenvalue weighted by Gasteiger charge is 2.40. The van der Waals surface area contributed by atoms with Crippen molar-refractivity contribution >= 4 is 29.2 Å². The van der Waals surface area contributed by atoms with E-state index in [9.17, 15) is 19.7 Å². The van der Waals surface area contributed by atoms with Crippen molar-refractivity contribution in [3.63, 3.8) is 0 Å². The molecule has 5 rings (SSSR count). The minimum Gasteiger partial charge on any atom is -0.442 e. The Bertz CT molecular complexity index is 1380. The highest BCUT2D eigenvalue weighted by atomic mass is 19.1. The summed E-state index contributed by atoms with van der Waals surface area (Å²) in [5.74, 6) is -0.966. The van der Waals surface area contributed by atoms with Gasteiger partial charge in [-0.3, -0.25) is 14.3 Å². The third-order valence-corrected chi connectivity index (χ3v) is 6.34. The van der Waals surface area contributed by atoms with E-state index in [1.807, 2.05) is 19.1 Å². The molecule has 2 aromatic carbocycles. The minimum absolute atomic E-state index is 0.191. The summed E-state index contributed by atoms with van der Waals surface area (Å²) >= 11 is 0. The fourth-order valence-electron chi connectivity index (χ4n) is 4.43. The average molecular weight is 525 g/mol. The molecule has 38 heavy (non-hydrogen) atoms. The molecule has 2 amide bonds. The van der Waals surface area contributed by atoms with Gasteiger partial charge in [0.2, 0.25) is 5.91 Å². The Morgan fingerprint density at radius 3 is 2.71 bits per heavy atom. The fraction of sp³-hybridized carbons (Fsp3) is 0.320. The fourth-order valence-corrected chi connectivity index (χ4v) is 4.43. The Labute approximate surface area is 216 Å². The van der Waals surface area contributed by atoms with Crippen molar-refractivity contribution < 1.29 is 28.4 Å². The van der Waals surface area contributed by atoms with E-state index in [0.717, 1.165) is 5.69 Å². The molecular formula is C25H25FN6O6. The zero-order valence-corrected chi connectivity index (χ0v) is 20.6. The molecule has 1 saturated heterocycles. The second kappa shape index (κ2) is 9.65. The van der Waals surface area contributed by atoms with Gasteiger partial charge in [0.15, 0.2) is 0 Å². The van der Waals surface area contributed by atoms with Gasteiger partial charge in [-0.1, -0.05) is 12.1 Å². The van der Waals surface area contributed by atoms with Crippen LogP contribution in [0.5, 0.6) is 6.01 Å². The summed E-state index contributed by atoms with van der Waals surface area (Å²) in [5, 5.41) is 16.8. The number of aromatic nitrogens is 2. The van der Waals surface area contributed by atoms with Crippen LogP contribution in [0.1, 0.15) is 13.8 Å². The highest BCUT2D eigenvalue weighted by molar-refractivity contribution is 5.90. The van der Waals surface area contributed by atoms with E-state index in [2.05, 4.69) is 15.6 Å². The first-order valence-corrected chi connectivity index (χ1v) is 11.9. The molecule has 2 atom stereocenters. The lowest BCUT2D eigenvalue weighted by atomic mass is 10.0. The molecule has 0 aliphatic carbocycles. The van der Waals surface area contributed by atoms with Crippen LogP contribution in [0.25, 0.3) is 11.1 Å². The molecule has 0 spiro atoms. The summed E-state index contributed by atoms with van der Waals surface area (Å²) in [4.78, 5) is 38.9. The molecule has 13 heteroatoms. The van der Waals surface area contributed by atoms with Gasteiger partial charge in [-0.15, -0.1) is 0 Å². The van der Waals surface area contributed by atoms with Gasteiger partial charge in [-0.25, -0.2) is 9.18 Å². The van der Waals surface area contributed by atoms with E-state index < -0.39 is 28.5 Å². The molecule has 1 aromatic heterocycles. The molecule has 0 bridgehead atoms. The van der Waals surface area contributed by atoms with Crippen LogP contribution in [0.15, 0.2) is 48.7 Å². The van der Waals surface area contributed by atoms with Crippen molar-refractivity contribution in [1.82, 2.24) is 14.9 Å². The number of hydrogen-bond acceptors (Lipinski definition) is 8.